The zero-order valence-corrected chi connectivity index (χ0v) is 12.7. The summed E-state index contributed by atoms with van der Waals surface area (Å²) in [5.74, 6) is 1.19. The Labute approximate surface area is 120 Å². The number of hydrogen-bond donors (Lipinski definition) is 1. The Hall–Kier alpha value is -1.42. The van der Waals surface area contributed by atoms with Crippen molar-refractivity contribution in [1.29, 1.82) is 0 Å². The second-order valence-corrected chi connectivity index (χ2v) is 6.96. The molecule has 0 radical (unpaired) electrons. The van der Waals surface area contributed by atoms with E-state index in [2.05, 4.69) is 41.7 Å². The minimum Gasteiger partial charge on any atom is -0.317 e. The fourth-order valence-electron chi connectivity index (χ4n) is 3.02. The average molecular weight is 272 g/mol. The summed E-state index contributed by atoms with van der Waals surface area (Å²) in [6.07, 6.45) is 5.20. The van der Waals surface area contributed by atoms with Crippen LogP contribution in [0.25, 0.3) is 11.2 Å². The van der Waals surface area contributed by atoms with E-state index >= 15 is 0 Å². The quantitative estimate of drug-likeness (QED) is 0.914. The normalized spacial score (nSPS) is 17.8. The Morgan fingerprint density at radius 2 is 2.05 bits per heavy atom. The zero-order chi connectivity index (χ0) is 14.2. The van der Waals surface area contributed by atoms with Gasteiger partial charge in [0.15, 0.2) is 5.65 Å². The molecular weight excluding hydrogens is 248 g/mol. The molecule has 0 bridgehead atoms. The Kier molecular flexibility index (Phi) is 3.50. The van der Waals surface area contributed by atoms with E-state index in [1.54, 1.807) is 0 Å². The fraction of sp³-hybridized carbons (Fsp3) is 0.625. The van der Waals surface area contributed by atoms with Gasteiger partial charge in [-0.3, -0.25) is 0 Å². The van der Waals surface area contributed by atoms with Crippen LogP contribution in [0.2, 0.25) is 0 Å². The maximum absolute atomic E-state index is 4.85. The highest BCUT2D eigenvalue weighted by atomic mass is 15.2. The van der Waals surface area contributed by atoms with Gasteiger partial charge in [-0.05, 0) is 43.5 Å². The molecule has 4 nitrogen and oxygen atoms in total. The molecule has 1 saturated heterocycles. The van der Waals surface area contributed by atoms with Crippen LogP contribution in [0.3, 0.4) is 0 Å². The van der Waals surface area contributed by atoms with Gasteiger partial charge in [0, 0.05) is 18.7 Å². The Balaban J connectivity index is 2.07. The van der Waals surface area contributed by atoms with Gasteiger partial charge >= 0.3 is 0 Å². The molecule has 0 saturated carbocycles. The molecule has 0 spiro atoms. The van der Waals surface area contributed by atoms with Crippen molar-refractivity contribution >= 4 is 11.2 Å². The summed E-state index contributed by atoms with van der Waals surface area (Å²) in [7, 11) is 0. The fourth-order valence-corrected chi connectivity index (χ4v) is 3.02. The first-order chi connectivity index (χ1) is 9.54. The molecule has 1 N–H and O–H groups in total. The lowest BCUT2D eigenvalue weighted by Gasteiger charge is -2.27. The largest absolute Gasteiger partial charge is 0.317 e. The van der Waals surface area contributed by atoms with Gasteiger partial charge in [0.05, 0.1) is 0 Å². The van der Waals surface area contributed by atoms with Crippen LogP contribution >= 0.6 is 0 Å². The van der Waals surface area contributed by atoms with Crippen molar-refractivity contribution in [3.05, 3.63) is 24.2 Å². The lowest BCUT2D eigenvalue weighted by Crippen LogP contribution is -2.30. The summed E-state index contributed by atoms with van der Waals surface area (Å²) in [4.78, 5) is 9.44. The van der Waals surface area contributed by atoms with Crippen molar-refractivity contribution in [3.8, 4) is 0 Å². The van der Waals surface area contributed by atoms with E-state index in [1.807, 2.05) is 12.3 Å². The highest BCUT2D eigenvalue weighted by Gasteiger charge is 2.24. The van der Waals surface area contributed by atoms with E-state index in [0.29, 0.717) is 6.04 Å². The van der Waals surface area contributed by atoms with Crippen molar-refractivity contribution in [3.63, 3.8) is 0 Å². The van der Waals surface area contributed by atoms with Crippen molar-refractivity contribution in [2.24, 2.45) is 5.41 Å². The summed E-state index contributed by atoms with van der Waals surface area (Å²) in [5, 5.41) is 3.44. The van der Waals surface area contributed by atoms with Gasteiger partial charge in [0.2, 0.25) is 0 Å². The maximum Gasteiger partial charge on any atom is 0.160 e. The third-order valence-electron chi connectivity index (χ3n) is 3.88. The molecule has 2 aromatic heterocycles. The molecule has 1 aliphatic rings. The van der Waals surface area contributed by atoms with Crippen LogP contribution in [0.5, 0.6) is 0 Å². The summed E-state index contributed by atoms with van der Waals surface area (Å²) in [6, 6.07) is 4.59. The molecule has 108 valence electrons. The molecule has 3 heterocycles. The molecular formula is C16H24N4. The van der Waals surface area contributed by atoms with E-state index in [1.165, 1.54) is 18.7 Å². The molecule has 0 unspecified atom stereocenters. The topological polar surface area (TPSA) is 42.7 Å². The molecule has 1 fully saturated rings. The Morgan fingerprint density at radius 1 is 1.30 bits per heavy atom. The second kappa shape index (κ2) is 5.17. The second-order valence-electron chi connectivity index (χ2n) is 6.96. The number of pyridine rings is 1. The number of hydrogen-bond acceptors (Lipinski definition) is 3. The number of rotatable bonds is 2. The maximum atomic E-state index is 4.85. The number of nitrogens with one attached hydrogen (secondary N) is 1. The SMILES string of the molecule is CC(C)(C)Cc1nc2cccnc2n1C1CCNCC1. The van der Waals surface area contributed by atoms with Crippen LogP contribution < -0.4 is 5.32 Å². The first-order valence-corrected chi connectivity index (χ1v) is 7.57. The van der Waals surface area contributed by atoms with Crippen LogP contribution in [0, 0.1) is 5.41 Å². The molecule has 0 aromatic carbocycles. The molecule has 1 aliphatic heterocycles. The third kappa shape index (κ3) is 2.70. The van der Waals surface area contributed by atoms with Crippen LogP contribution in [0.1, 0.15) is 45.5 Å². The van der Waals surface area contributed by atoms with E-state index in [4.69, 9.17) is 4.98 Å². The van der Waals surface area contributed by atoms with Gasteiger partial charge in [0.25, 0.3) is 0 Å². The number of piperidine rings is 1. The summed E-state index contributed by atoms with van der Waals surface area (Å²) in [5.41, 5.74) is 2.33. The molecule has 4 heteroatoms. The monoisotopic (exact) mass is 272 g/mol. The molecule has 0 amide bonds. The van der Waals surface area contributed by atoms with Crippen molar-refractivity contribution in [2.75, 3.05) is 13.1 Å². The number of aromatic nitrogens is 3. The Bertz CT molecular complexity index is 588. The molecule has 2 aromatic rings. The highest BCUT2D eigenvalue weighted by Crippen LogP contribution is 2.29. The van der Waals surface area contributed by atoms with Crippen LogP contribution in [-0.2, 0) is 6.42 Å². The van der Waals surface area contributed by atoms with Crippen LogP contribution in [-0.4, -0.2) is 27.6 Å². The molecule has 3 rings (SSSR count). The van der Waals surface area contributed by atoms with E-state index in [-0.39, 0.29) is 5.41 Å². The standard InChI is InChI=1S/C16H24N4/c1-16(2,3)11-14-19-13-5-4-8-18-15(13)20(14)12-6-9-17-10-7-12/h4-5,8,12,17H,6-7,9-11H2,1-3H3. The number of fused-ring (bicyclic) bond motifs is 1. The van der Waals surface area contributed by atoms with Crippen molar-refractivity contribution < 1.29 is 0 Å². The lowest BCUT2D eigenvalue weighted by atomic mass is 9.91. The van der Waals surface area contributed by atoms with Crippen LogP contribution in [0.4, 0.5) is 0 Å². The molecule has 0 atom stereocenters. The number of nitrogens with zero attached hydrogens (tertiary/aromatic N) is 3. The van der Waals surface area contributed by atoms with E-state index in [0.717, 1.165) is 30.7 Å². The predicted molar refractivity (Wildman–Crippen MR) is 81.8 cm³/mol. The third-order valence-corrected chi connectivity index (χ3v) is 3.88. The van der Waals surface area contributed by atoms with Gasteiger partial charge in [0.1, 0.15) is 11.3 Å². The Morgan fingerprint density at radius 3 is 2.75 bits per heavy atom. The number of imidazole rings is 1. The van der Waals surface area contributed by atoms with Gasteiger partial charge < -0.3 is 9.88 Å². The van der Waals surface area contributed by atoms with Gasteiger partial charge in [-0.15, -0.1) is 0 Å². The first-order valence-electron chi connectivity index (χ1n) is 7.57. The highest BCUT2D eigenvalue weighted by molar-refractivity contribution is 5.71. The minimum atomic E-state index is 0.242. The summed E-state index contributed by atoms with van der Waals surface area (Å²) >= 11 is 0. The summed E-state index contributed by atoms with van der Waals surface area (Å²) in [6.45, 7) is 8.99. The van der Waals surface area contributed by atoms with Gasteiger partial charge in [-0.1, -0.05) is 20.8 Å². The zero-order valence-electron chi connectivity index (χ0n) is 12.7. The average Bonchev–Trinajstić information content (AvgIpc) is 2.75. The first kappa shape index (κ1) is 13.6. The summed E-state index contributed by atoms with van der Waals surface area (Å²) < 4.78 is 2.40. The molecule has 0 aliphatic carbocycles. The predicted octanol–water partition coefficient (Wildman–Crippen LogP) is 2.94. The van der Waals surface area contributed by atoms with E-state index in [9.17, 15) is 0 Å². The van der Waals surface area contributed by atoms with Crippen molar-refractivity contribution in [2.45, 2.75) is 46.1 Å². The molecule has 20 heavy (non-hydrogen) atoms. The van der Waals surface area contributed by atoms with E-state index < -0.39 is 0 Å². The minimum absolute atomic E-state index is 0.242. The lowest BCUT2D eigenvalue weighted by molar-refractivity contribution is 0.341. The van der Waals surface area contributed by atoms with Crippen molar-refractivity contribution in [1.82, 2.24) is 19.9 Å². The van der Waals surface area contributed by atoms with Gasteiger partial charge in [-0.25, -0.2) is 9.97 Å². The van der Waals surface area contributed by atoms with Gasteiger partial charge in [-0.2, -0.15) is 0 Å². The smallest absolute Gasteiger partial charge is 0.160 e. The van der Waals surface area contributed by atoms with Crippen LogP contribution in [0.15, 0.2) is 18.3 Å².